The van der Waals surface area contributed by atoms with Crippen LogP contribution in [0.2, 0.25) is 0 Å². The van der Waals surface area contributed by atoms with Gasteiger partial charge >= 0.3 is 0 Å². The molecule has 0 amide bonds. The Morgan fingerprint density at radius 2 is 0.934 bits per heavy atom. The van der Waals surface area contributed by atoms with Crippen molar-refractivity contribution in [2.45, 2.75) is 158 Å². The normalized spacial score (nSPS) is 50.4. The van der Waals surface area contributed by atoms with E-state index in [-0.39, 0.29) is 6.61 Å². The first-order valence-corrected chi connectivity index (χ1v) is 20.6. The molecule has 61 heavy (non-hydrogen) atoms. The zero-order valence-corrected chi connectivity index (χ0v) is 32.9. The minimum absolute atomic E-state index is 0.132. The van der Waals surface area contributed by atoms with Gasteiger partial charge in [-0.1, -0.05) is 18.2 Å². The van der Waals surface area contributed by atoms with E-state index in [4.69, 9.17) is 47.4 Å². The Morgan fingerprint density at radius 3 is 1.54 bits per heavy atom. The summed E-state index contributed by atoms with van der Waals surface area (Å²) in [4.78, 5) is 0.608. The lowest BCUT2D eigenvalue weighted by molar-refractivity contribution is -0.378. The van der Waals surface area contributed by atoms with Gasteiger partial charge in [-0.05, 0) is 12.1 Å². The zero-order chi connectivity index (χ0) is 43.9. The Hall–Kier alpha value is -1.39. The summed E-state index contributed by atoms with van der Waals surface area (Å²) < 4.78 is 57.8. The third-order valence-corrected chi connectivity index (χ3v) is 12.9. The van der Waals surface area contributed by atoms with E-state index in [0.717, 1.165) is 11.8 Å². The number of fused-ring (bicyclic) bond motifs is 2. The van der Waals surface area contributed by atoms with Crippen molar-refractivity contribution in [3.63, 3.8) is 0 Å². The number of ether oxygens (including phenoxy) is 10. The molecule has 6 fully saturated rings. The summed E-state index contributed by atoms with van der Waals surface area (Å²) in [5.41, 5.74) is 0. The monoisotopic (exact) mass is 902 g/mol. The Kier molecular flexibility index (Phi) is 15.9. The molecule has 2 bridgehead atoms. The highest BCUT2D eigenvalue weighted by molar-refractivity contribution is 8.00. The maximum Gasteiger partial charge on any atom is 0.187 e. The Labute approximate surface area is 351 Å². The first-order valence-electron chi connectivity index (χ1n) is 19.7. The molecule has 0 spiro atoms. The predicted octanol–water partition coefficient (Wildman–Crippen LogP) is -8.08. The molecule has 1 aromatic rings. The molecule has 6 heterocycles. The number of rotatable bonds is 14. The molecule has 0 aliphatic carbocycles. The fraction of sp³-hybridized carbons (Fsp3) is 0.833. The minimum atomic E-state index is -1.99. The van der Waals surface area contributed by atoms with Gasteiger partial charge < -0.3 is 119 Å². The number of aliphatic hydroxyl groups is 14. The van der Waals surface area contributed by atoms with Crippen LogP contribution in [0.15, 0.2) is 35.2 Å². The van der Waals surface area contributed by atoms with Crippen molar-refractivity contribution in [1.82, 2.24) is 0 Å². The molecule has 25 heteroatoms. The number of hydrogen-bond donors (Lipinski definition) is 14. The molecule has 0 saturated carbocycles. The van der Waals surface area contributed by atoms with Crippen LogP contribution in [-0.2, 0) is 47.4 Å². The molecule has 1 aromatic carbocycles. The molecule has 24 nitrogen and oxygen atoms in total. The average Bonchev–Trinajstić information content (AvgIpc) is 3.58. The maximum atomic E-state index is 11.9. The van der Waals surface area contributed by atoms with E-state index in [2.05, 4.69) is 0 Å². The Balaban J connectivity index is 1.06. The largest absolute Gasteiger partial charge is 0.394 e. The summed E-state index contributed by atoms with van der Waals surface area (Å²) >= 11 is 1.08. The quantitative estimate of drug-likeness (QED) is 0.0824. The van der Waals surface area contributed by atoms with Gasteiger partial charge in [0.05, 0.1) is 38.3 Å². The molecule has 6 aliphatic rings. The van der Waals surface area contributed by atoms with Gasteiger partial charge in [0.15, 0.2) is 31.5 Å². The lowest BCUT2D eigenvalue weighted by Gasteiger charge is -2.49. The summed E-state index contributed by atoms with van der Waals surface area (Å²) in [6, 6.07) is 8.66. The van der Waals surface area contributed by atoms with E-state index >= 15 is 0 Å². The number of thioether (sulfide) groups is 1. The van der Waals surface area contributed by atoms with Crippen molar-refractivity contribution in [2.75, 3.05) is 33.0 Å². The van der Waals surface area contributed by atoms with Gasteiger partial charge in [-0.3, -0.25) is 0 Å². The molecule has 6 saturated heterocycles. The molecule has 348 valence electrons. The first kappa shape index (κ1) is 47.6. The summed E-state index contributed by atoms with van der Waals surface area (Å²) in [5.74, 6) is 0. The topological polar surface area (TPSA) is 376 Å². The summed E-state index contributed by atoms with van der Waals surface area (Å²) in [7, 11) is 0. The van der Waals surface area contributed by atoms with Gasteiger partial charge in [0.2, 0.25) is 0 Å². The van der Waals surface area contributed by atoms with Crippen LogP contribution in [0.3, 0.4) is 0 Å². The number of benzene rings is 1. The van der Waals surface area contributed by atoms with E-state index in [1.165, 1.54) is 0 Å². The summed E-state index contributed by atoms with van der Waals surface area (Å²) in [6.45, 7) is -3.27. The average molecular weight is 903 g/mol. The van der Waals surface area contributed by atoms with Crippen LogP contribution in [0.5, 0.6) is 0 Å². The summed E-state index contributed by atoms with van der Waals surface area (Å²) in [5, 5.41) is 146. The molecule has 2 unspecified atom stereocenters. The van der Waals surface area contributed by atoms with E-state index in [1.807, 2.05) is 0 Å². The molecular formula is C36H54O24S. The van der Waals surface area contributed by atoms with Crippen LogP contribution >= 0.6 is 11.8 Å². The van der Waals surface area contributed by atoms with Crippen LogP contribution < -0.4 is 0 Å². The van der Waals surface area contributed by atoms with Crippen LogP contribution in [0.25, 0.3) is 0 Å². The SMILES string of the molecule is OC[C@H]1O[C@H](O[C@H]2[C@@H]3OC[C@H]2O[C@H](O[C@H]2[C@@H](Sc4ccccc4)[C@H](O)[C@@H](O[C@H]4[C@H](O)[C@@H](O)[C@@H](O[C@H]5[C@H](O)[C@@H](O)C(O)O[C@@H]5CO)O[C@@H]4CO)O[C@@H]2CO)[C@@H]3O)[C@H](O)[C@@H](O)C1O. The van der Waals surface area contributed by atoms with Crippen molar-refractivity contribution in [3.8, 4) is 0 Å². The van der Waals surface area contributed by atoms with Crippen molar-refractivity contribution < 1.29 is 119 Å². The van der Waals surface area contributed by atoms with Gasteiger partial charge in [-0.2, -0.15) is 0 Å². The van der Waals surface area contributed by atoms with Crippen LogP contribution in [0, 0.1) is 0 Å². The molecule has 14 N–H and O–H groups in total. The standard InChI is InChI=1S/C36H54O24S/c37-6-12-17(41)18(42)22(46)33(53-12)59-28-16-10-51-30(28)24(48)35(56-16)60-29-15(9-40)55-36(25(49)31(29)61-11-4-2-1-3-5-11)58-27-14(8-39)54-34(23(47)20(27)44)57-26-13(7-38)52-32(50)21(45)19(26)43/h1-5,12-50H,6-10H2/t12-,13-,14-,15-,16-,17?,18+,19-,20-,21-,22-,23-,24-,25+,26-,27-,28-,29-,30-,31+,32?,33-,34-,35-,36-/m1/s1. The molecule has 25 atom stereocenters. The predicted molar refractivity (Wildman–Crippen MR) is 193 cm³/mol. The Bertz CT molecular complexity index is 1520. The third-order valence-electron chi connectivity index (χ3n) is 11.6. The molecular weight excluding hydrogens is 848 g/mol. The zero-order valence-electron chi connectivity index (χ0n) is 32.1. The van der Waals surface area contributed by atoms with Crippen molar-refractivity contribution >= 4 is 11.8 Å². The van der Waals surface area contributed by atoms with E-state index < -0.39 is 179 Å². The highest BCUT2D eigenvalue weighted by atomic mass is 32.2. The Morgan fingerprint density at radius 1 is 0.459 bits per heavy atom. The van der Waals surface area contributed by atoms with Gasteiger partial charge in [0.25, 0.3) is 0 Å². The number of hydrogen-bond acceptors (Lipinski definition) is 25. The van der Waals surface area contributed by atoms with Crippen molar-refractivity contribution in [1.29, 1.82) is 0 Å². The highest BCUT2D eigenvalue weighted by Gasteiger charge is 2.58. The minimum Gasteiger partial charge on any atom is -0.394 e. The third kappa shape index (κ3) is 9.64. The second-order valence-corrected chi connectivity index (χ2v) is 16.7. The van der Waals surface area contributed by atoms with Crippen LogP contribution in [-0.4, -0.2) is 257 Å². The van der Waals surface area contributed by atoms with E-state index in [1.54, 1.807) is 30.3 Å². The molecule has 6 aliphatic heterocycles. The molecule has 0 radical (unpaired) electrons. The molecule has 0 aromatic heterocycles. The van der Waals surface area contributed by atoms with Gasteiger partial charge in [0.1, 0.15) is 116 Å². The smallest absolute Gasteiger partial charge is 0.187 e. The summed E-state index contributed by atoms with van der Waals surface area (Å²) in [6.07, 6.45) is -37.8. The van der Waals surface area contributed by atoms with Crippen LogP contribution in [0.4, 0.5) is 0 Å². The lowest BCUT2D eigenvalue weighted by Crippen LogP contribution is -2.67. The number of aliphatic hydroxyl groups excluding tert-OH is 14. The molecule has 7 rings (SSSR count). The fourth-order valence-electron chi connectivity index (χ4n) is 8.18. The maximum absolute atomic E-state index is 11.9. The second kappa shape index (κ2) is 20.4. The second-order valence-electron chi connectivity index (χ2n) is 15.5. The van der Waals surface area contributed by atoms with Crippen molar-refractivity contribution in [3.05, 3.63) is 30.3 Å². The van der Waals surface area contributed by atoms with Crippen LogP contribution in [0.1, 0.15) is 0 Å². The fourth-order valence-corrected chi connectivity index (χ4v) is 9.45. The van der Waals surface area contributed by atoms with Gasteiger partial charge in [-0.25, -0.2) is 0 Å². The first-order chi connectivity index (χ1) is 29.2. The van der Waals surface area contributed by atoms with E-state index in [9.17, 15) is 71.5 Å². The highest BCUT2D eigenvalue weighted by Crippen LogP contribution is 2.42. The van der Waals surface area contributed by atoms with E-state index in [0.29, 0.717) is 4.90 Å². The van der Waals surface area contributed by atoms with Crippen molar-refractivity contribution in [2.24, 2.45) is 0 Å². The lowest BCUT2D eigenvalue weighted by atomic mass is 9.96. The van der Waals surface area contributed by atoms with Gasteiger partial charge in [-0.15, -0.1) is 11.8 Å². The van der Waals surface area contributed by atoms with Gasteiger partial charge in [0, 0.05) is 4.90 Å².